The number of amides is 1. The molecule has 1 saturated carbocycles. The molecule has 1 amide bonds. The summed E-state index contributed by atoms with van der Waals surface area (Å²) in [5.41, 5.74) is 1.93. The molecule has 1 fully saturated rings. The maximum absolute atomic E-state index is 14.1. The van der Waals surface area contributed by atoms with Crippen molar-refractivity contribution in [3.05, 3.63) is 45.7 Å². The molecule has 3 aliphatic rings. The van der Waals surface area contributed by atoms with Crippen LogP contribution in [0.5, 0.6) is 5.75 Å². The van der Waals surface area contributed by atoms with Gasteiger partial charge in [0.15, 0.2) is 11.4 Å². The van der Waals surface area contributed by atoms with Crippen LogP contribution < -0.4 is 5.73 Å². The first-order valence-electron chi connectivity index (χ1n) is 11.9. The van der Waals surface area contributed by atoms with Gasteiger partial charge in [-0.05, 0) is 38.1 Å². The number of primary amides is 1. The van der Waals surface area contributed by atoms with Crippen LogP contribution in [0.1, 0.15) is 42.9 Å². The Balaban J connectivity index is 2.12. The Morgan fingerprint density at radius 1 is 1.16 bits per heavy atom. The molecule has 6 atom stereocenters. The molecule has 3 aliphatic carbocycles. The monoisotopic (exact) mass is 514 g/mol. The summed E-state index contributed by atoms with van der Waals surface area (Å²) in [7, 11) is 2.94. The van der Waals surface area contributed by atoms with E-state index in [1.165, 1.54) is 25.9 Å². The summed E-state index contributed by atoms with van der Waals surface area (Å²) in [5.74, 6) is -9.63. The van der Waals surface area contributed by atoms with Gasteiger partial charge >= 0.3 is 5.97 Å². The number of Topliss-reactive ketones (excluding diaryl/α,β-unsaturated/α-hetero) is 2. The maximum atomic E-state index is 14.1. The molecule has 1 aromatic rings. The molecule has 37 heavy (non-hydrogen) atoms. The number of carbonyl (C=O) groups excluding carboxylic acids is 4. The first kappa shape index (κ1) is 26.4. The SMILES string of the molecule is CCC(=O)O[C@H]1[C@H]2C(=C(O)c3c(ccc(C)c3O)[C@@H]2C)C(=O)[C@]2(O)C(O)=C(C(N)=O)C(=O)[C@@H](N(C)C)[C@H]12. The van der Waals surface area contributed by atoms with Crippen LogP contribution in [0.2, 0.25) is 0 Å². The third-order valence-electron chi connectivity index (χ3n) is 7.86. The number of ketones is 2. The van der Waals surface area contributed by atoms with Crippen molar-refractivity contribution in [3.8, 4) is 5.75 Å². The standard InChI is InChI=1S/C26H30N2O9/c1-6-12(29)37-22-13-10(3)11-8-7-9(2)19(30)14(11)20(31)15(13)23(33)26(36)17(22)18(28(4)5)21(32)16(24(26)34)25(27)35/h7-8,10,13,17-18,22,30-31,34,36H,6H2,1-5H3,(H2,27,35)/t10-,13+,17+,18-,22-,26-/m0/s1. The lowest BCUT2D eigenvalue weighted by atomic mass is 9.54. The number of ether oxygens (including phenoxy) is 1. The number of aromatic hydroxyl groups is 1. The molecule has 0 heterocycles. The summed E-state index contributed by atoms with van der Waals surface area (Å²) in [5, 5.41) is 45.0. The average molecular weight is 515 g/mol. The molecule has 0 unspecified atom stereocenters. The lowest BCUT2D eigenvalue weighted by Crippen LogP contribution is -2.71. The Hall–Kier alpha value is -3.70. The van der Waals surface area contributed by atoms with Crippen molar-refractivity contribution in [3.63, 3.8) is 0 Å². The fourth-order valence-corrected chi connectivity index (χ4v) is 6.07. The van der Waals surface area contributed by atoms with Crippen molar-refractivity contribution >= 4 is 29.2 Å². The van der Waals surface area contributed by atoms with E-state index in [1.807, 2.05) is 0 Å². The number of esters is 1. The molecule has 0 saturated heterocycles. The quantitative estimate of drug-likeness (QED) is 0.283. The van der Waals surface area contributed by atoms with Gasteiger partial charge in [-0.2, -0.15) is 0 Å². The van der Waals surface area contributed by atoms with E-state index in [1.54, 1.807) is 26.0 Å². The van der Waals surface area contributed by atoms with Crippen molar-refractivity contribution in [2.75, 3.05) is 14.1 Å². The Morgan fingerprint density at radius 2 is 1.78 bits per heavy atom. The summed E-state index contributed by atoms with van der Waals surface area (Å²) in [6, 6.07) is 1.91. The van der Waals surface area contributed by atoms with Gasteiger partial charge in [-0.15, -0.1) is 0 Å². The first-order chi connectivity index (χ1) is 17.2. The van der Waals surface area contributed by atoms with Gasteiger partial charge in [0.05, 0.1) is 17.5 Å². The number of aryl methyl sites for hydroxylation is 1. The molecular weight excluding hydrogens is 484 g/mol. The van der Waals surface area contributed by atoms with E-state index in [0.717, 1.165) is 0 Å². The minimum Gasteiger partial charge on any atom is -0.508 e. The first-order valence-corrected chi connectivity index (χ1v) is 11.9. The van der Waals surface area contributed by atoms with Gasteiger partial charge in [-0.25, -0.2) is 0 Å². The highest BCUT2D eigenvalue weighted by Gasteiger charge is 2.69. The van der Waals surface area contributed by atoms with Crippen molar-refractivity contribution in [2.24, 2.45) is 17.6 Å². The number of benzene rings is 1. The number of hydrogen-bond acceptors (Lipinski definition) is 10. The highest BCUT2D eigenvalue weighted by Crippen LogP contribution is 2.57. The van der Waals surface area contributed by atoms with E-state index < -0.39 is 81.6 Å². The number of aliphatic hydroxyl groups excluding tert-OH is 2. The van der Waals surface area contributed by atoms with Gasteiger partial charge in [0.25, 0.3) is 5.91 Å². The van der Waals surface area contributed by atoms with Crippen LogP contribution in [-0.2, 0) is 23.9 Å². The molecule has 6 N–H and O–H groups in total. The second-order valence-corrected chi connectivity index (χ2v) is 10.1. The molecule has 0 bridgehead atoms. The normalized spacial score (nSPS) is 31.2. The van der Waals surface area contributed by atoms with Crippen molar-refractivity contribution in [1.29, 1.82) is 0 Å². The van der Waals surface area contributed by atoms with E-state index >= 15 is 0 Å². The summed E-state index contributed by atoms with van der Waals surface area (Å²) >= 11 is 0. The highest BCUT2D eigenvalue weighted by molar-refractivity contribution is 6.24. The topological polar surface area (TPSA) is 188 Å². The number of phenols is 1. The molecule has 0 radical (unpaired) electrons. The minimum atomic E-state index is -2.94. The molecule has 198 valence electrons. The van der Waals surface area contributed by atoms with Crippen molar-refractivity contribution < 1.29 is 44.3 Å². The Labute approximate surface area is 212 Å². The Morgan fingerprint density at radius 3 is 2.32 bits per heavy atom. The smallest absolute Gasteiger partial charge is 0.305 e. The zero-order valence-electron chi connectivity index (χ0n) is 21.1. The summed E-state index contributed by atoms with van der Waals surface area (Å²) in [6.07, 6.45) is -1.47. The lowest BCUT2D eigenvalue weighted by Gasteiger charge is -2.54. The molecule has 0 aliphatic heterocycles. The number of carbonyl (C=O) groups is 4. The number of aliphatic hydroxyl groups is 3. The highest BCUT2D eigenvalue weighted by atomic mass is 16.5. The zero-order valence-corrected chi connectivity index (χ0v) is 21.1. The van der Waals surface area contributed by atoms with Crippen LogP contribution in [0, 0.1) is 18.8 Å². The van der Waals surface area contributed by atoms with E-state index in [-0.39, 0.29) is 17.7 Å². The van der Waals surface area contributed by atoms with Crippen LogP contribution in [-0.4, -0.2) is 80.6 Å². The van der Waals surface area contributed by atoms with Gasteiger partial charge in [0, 0.05) is 17.9 Å². The number of likely N-dealkylation sites (N-methyl/N-ethyl adjacent to an activating group) is 1. The van der Waals surface area contributed by atoms with E-state index in [9.17, 15) is 39.6 Å². The Kier molecular flexibility index (Phi) is 6.20. The second kappa shape index (κ2) is 8.70. The molecule has 4 rings (SSSR count). The minimum absolute atomic E-state index is 0.0237. The molecule has 0 spiro atoms. The molecule has 0 aromatic heterocycles. The fourth-order valence-electron chi connectivity index (χ4n) is 6.07. The number of nitrogens with zero attached hydrogens (tertiary/aromatic N) is 1. The largest absolute Gasteiger partial charge is 0.508 e. The van der Waals surface area contributed by atoms with Crippen LogP contribution >= 0.6 is 0 Å². The van der Waals surface area contributed by atoms with E-state index in [0.29, 0.717) is 11.1 Å². The van der Waals surface area contributed by atoms with Gasteiger partial charge in [-0.3, -0.25) is 24.1 Å². The third kappa shape index (κ3) is 3.41. The zero-order chi connectivity index (χ0) is 27.7. The van der Waals surface area contributed by atoms with Crippen LogP contribution in [0.15, 0.2) is 29.0 Å². The maximum Gasteiger partial charge on any atom is 0.305 e. The number of phenolic OH excluding ortho intramolecular Hbond substituents is 1. The van der Waals surface area contributed by atoms with Gasteiger partial charge in [0.2, 0.25) is 5.78 Å². The number of hydrogen-bond donors (Lipinski definition) is 5. The molecule has 1 aromatic carbocycles. The molecular formula is C26H30N2O9. The Bertz CT molecular complexity index is 1310. The fraction of sp³-hybridized carbons (Fsp3) is 0.462. The van der Waals surface area contributed by atoms with E-state index in [4.69, 9.17) is 10.5 Å². The van der Waals surface area contributed by atoms with E-state index in [2.05, 4.69) is 0 Å². The third-order valence-corrected chi connectivity index (χ3v) is 7.86. The van der Waals surface area contributed by atoms with Crippen LogP contribution in [0.3, 0.4) is 0 Å². The average Bonchev–Trinajstić information content (AvgIpc) is 2.82. The number of rotatable bonds is 4. The van der Waals surface area contributed by atoms with Gasteiger partial charge in [0.1, 0.15) is 28.9 Å². The second-order valence-electron chi connectivity index (χ2n) is 10.1. The van der Waals surface area contributed by atoms with Crippen molar-refractivity contribution in [1.82, 2.24) is 4.90 Å². The lowest BCUT2D eigenvalue weighted by molar-refractivity contribution is -0.185. The van der Waals surface area contributed by atoms with Crippen LogP contribution in [0.25, 0.3) is 5.76 Å². The summed E-state index contributed by atoms with van der Waals surface area (Å²) in [6.45, 7) is 4.84. The summed E-state index contributed by atoms with van der Waals surface area (Å²) in [4.78, 5) is 53.6. The number of nitrogens with two attached hydrogens (primary N) is 1. The van der Waals surface area contributed by atoms with Gasteiger partial charge in [-0.1, -0.05) is 26.0 Å². The predicted molar refractivity (Wildman–Crippen MR) is 129 cm³/mol. The molecule has 11 nitrogen and oxygen atoms in total. The summed E-state index contributed by atoms with van der Waals surface area (Å²) < 4.78 is 5.77. The van der Waals surface area contributed by atoms with Gasteiger partial charge < -0.3 is 30.9 Å². The van der Waals surface area contributed by atoms with Crippen LogP contribution in [0.4, 0.5) is 0 Å². The predicted octanol–water partition coefficient (Wildman–Crippen LogP) is 0.765. The molecule has 11 heteroatoms. The number of fused-ring (bicyclic) bond motifs is 3. The van der Waals surface area contributed by atoms with Crippen molar-refractivity contribution in [2.45, 2.75) is 50.9 Å².